The summed E-state index contributed by atoms with van der Waals surface area (Å²) in [6, 6.07) is 3.57. The number of nitrogens with one attached hydrogen (secondary N) is 1. The zero-order chi connectivity index (χ0) is 14.6. The zero-order valence-corrected chi connectivity index (χ0v) is 14.5. The Balaban J connectivity index is 0.00000361. The molecular weight excluding hydrogens is 375 g/mol. The first kappa shape index (κ1) is 19.1. The highest BCUT2D eigenvalue weighted by molar-refractivity contribution is 14.0. The van der Waals surface area contributed by atoms with Crippen molar-refractivity contribution < 1.29 is 8.78 Å². The third-order valence-corrected chi connectivity index (χ3v) is 2.53. The maximum absolute atomic E-state index is 13.6. The van der Waals surface area contributed by atoms with Crippen molar-refractivity contribution in [2.24, 2.45) is 10.7 Å². The van der Waals surface area contributed by atoms with E-state index in [1.165, 1.54) is 12.1 Å². The Kier molecular flexibility index (Phi) is 7.40. The van der Waals surface area contributed by atoms with Gasteiger partial charge >= 0.3 is 0 Å². The minimum Gasteiger partial charge on any atom is -0.370 e. The van der Waals surface area contributed by atoms with E-state index in [0.29, 0.717) is 18.1 Å². The summed E-state index contributed by atoms with van der Waals surface area (Å²) in [5.74, 6) is -0.973. The van der Waals surface area contributed by atoms with E-state index in [1.54, 1.807) is 0 Å². The fourth-order valence-corrected chi connectivity index (χ4v) is 1.66. The molecular formula is C14H22F2IN3. The Morgan fingerprint density at radius 3 is 2.45 bits per heavy atom. The fourth-order valence-electron chi connectivity index (χ4n) is 1.66. The van der Waals surface area contributed by atoms with Crippen LogP contribution in [0.5, 0.6) is 0 Å². The van der Waals surface area contributed by atoms with E-state index in [0.717, 1.165) is 6.07 Å². The van der Waals surface area contributed by atoms with Crippen molar-refractivity contribution in [1.29, 1.82) is 0 Å². The lowest BCUT2D eigenvalue weighted by atomic mass is 10.0. The van der Waals surface area contributed by atoms with Gasteiger partial charge in [0, 0.05) is 24.1 Å². The molecule has 1 aromatic rings. The molecule has 0 radical (unpaired) electrons. The minimum atomic E-state index is -0.578. The topological polar surface area (TPSA) is 50.4 Å². The molecule has 114 valence electrons. The number of hydrogen-bond donors (Lipinski definition) is 2. The van der Waals surface area contributed by atoms with Crippen LogP contribution in [0.1, 0.15) is 39.2 Å². The van der Waals surface area contributed by atoms with Gasteiger partial charge in [0.1, 0.15) is 11.6 Å². The Labute approximate surface area is 136 Å². The van der Waals surface area contributed by atoms with Gasteiger partial charge in [-0.25, -0.2) is 8.78 Å². The van der Waals surface area contributed by atoms with Crippen molar-refractivity contribution in [3.05, 3.63) is 35.4 Å². The quantitative estimate of drug-likeness (QED) is 0.467. The van der Waals surface area contributed by atoms with Gasteiger partial charge in [-0.05, 0) is 32.4 Å². The van der Waals surface area contributed by atoms with Crippen LogP contribution in [0, 0.1) is 11.6 Å². The number of hydrogen-bond acceptors (Lipinski definition) is 1. The summed E-state index contributed by atoms with van der Waals surface area (Å²) in [5, 5.41) is 3.02. The van der Waals surface area contributed by atoms with Crippen LogP contribution in [0.2, 0.25) is 0 Å². The van der Waals surface area contributed by atoms with Crippen molar-refractivity contribution in [3.63, 3.8) is 0 Å². The second-order valence-corrected chi connectivity index (χ2v) is 5.67. The summed E-state index contributed by atoms with van der Waals surface area (Å²) in [6.45, 7) is 8.08. The SMILES string of the molecule is CC(CN=C(N)NC(C)(C)C)c1ccc(F)cc1F.I. The number of nitrogens with two attached hydrogens (primary N) is 1. The van der Waals surface area contributed by atoms with Crippen LogP contribution in [-0.4, -0.2) is 18.0 Å². The predicted molar refractivity (Wildman–Crippen MR) is 89.6 cm³/mol. The smallest absolute Gasteiger partial charge is 0.189 e. The van der Waals surface area contributed by atoms with Crippen LogP contribution in [-0.2, 0) is 0 Å². The number of nitrogens with zero attached hydrogens (tertiary/aromatic N) is 1. The highest BCUT2D eigenvalue weighted by Gasteiger charge is 2.13. The second kappa shape index (κ2) is 7.75. The molecule has 1 aromatic carbocycles. The minimum absolute atomic E-state index is 0. The Morgan fingerprint density at radius 1 is 1.35 bits per heavy atom. The molecule has 0 bridgehead atoms. The lowest BCUT2D eigenvalue weighted by Crippen LogP contribution is -2.45. The maximum atomic E-state index is 13.6. The second-order valence-electron chi connectivity index (χ2n) is 5.67. The van der Waals surface area contributed by atoms with Gasteiger partial charge in [0.15, 0.2) is 5.96 Å². The molecule has 1 unspecified atom stereocenters. The number of aliphatic imine (C=N–C) groups is 1. The zero-order valence-electron chi connectivity index (χ0n) is 12.2. The standard InChI is InChI=1S/C14H21F2N3.HI/c1-9(8-18-13(17)19-14(2,3)4)11-6-5-10(15)7-12(11)16;/h5-7,9H,8H2,1-4H3,(H3,17,18,19);1H. The molecule has 6 heteroatoms. The summed E-state index contributed by atoms with van der Waals surface area (Å²) in [5.41, 5.74) is 6.00. The molecule has 0 amide bonds. The van der Waals surface area contributed by atoms with Crippen molar-refractivity contribution in [1.82, 2.24) is 5.32 Å². The molecule has 3 nitrogen and oxygen atoms in total. The van der Waals surface area contributed by atoms with E-state index < -0.39 is 11.6 Å². The van der Waals surface area contributed by atoms with E-state index in [-0.39, 0.29) is 35.4 Å². The van der Waals surface area contributed by atoms with E-state index in [2.05, 4.69) is 10.3 Å². The van der Waals surface area contributed by atoms with Crippen LogP contribution in [0.25, 0.3) is 0 Å². The van der Waals surface area contributed by atoms with Gasteiger partial charge in [-0.3, -0.25) is 4.99 Å². The van der Waals surface area contributed by atoms with Gasteiger partial charge in [-0.15, -0.1) is 24.0 Å². The molecule has 0 heterocycles. The van der Waals surface area contributed by atoms with Crippen molar-refractivity contribution in [2.45, 2.75) is 39.2 Å². The maximum Gasteiger partial charge on any atom is 0.189 e. The van der Waals surface area contributed by atoms with Gasteiger partial charge in [-0.1, -0.05) is 13.0 Å². The lowest BCUT2D eigenvalue weighted by Gasteiger charge is -2.21. The number of halogens is 3. The molecule has 3 N–H and O–H groups in total. The highest BCUT2D eigenvalue weighted by atomic mass is 127. The van der Waals surface area contributed by atoms with Crippen LogP contribution in [0.15, 0.2) is 23.2 Å². The van der Waals surface area contributed by atoms with E-state index in [4.69, 9.17) is 5.73 Å². The first-order valence-corrected chi connectivity index (χ1v) is 6.22. The lowest BCUT2D eigenvalue weighted by molar-refractivity contribution is 0.507. The average Bonchev–Trinajstić information content (AvgIpc) is 2.23. The van der Waals surface area contributed by atoms with Gasteiger partial charge in [-0.2, -0.15) is 0 Å². The van der Waals surface area contributed by atoms with Crippen LogP contribution >= 0.6 is 24.0 Å². The number of rotatable bonds is 3. The van der Waals surface area contributed by atoms with Crippen molar-refractivity contribution in [3.8, 4) is 0 Å². The predicted octanol–water partition coefficient (Wildman–Crippen LogP) is 3.39. The molecule has 0 aliphatic rings. The molecule has 1 rings (SSSR count). The van der Waals surface area contributed by atoms with E-state index in [1.807, 2.05) is 27.7 Å². The molecule has 0 saturated carbocycles. The van der Waals surface area contributed by atoms with E-state index >= 15 is 0 Å². The van der Waals surface area contributed by atoms with Gasteiger partial charge in [0.2, 0.25) is 0 Å². The third kappa shape index (κ3) is 6.49. The molecule has 0 saturated heterocycles. The molecule has 0 spiro atoms. The monoisotopic (exact) mass is 397 g/mol. The van der Waals surface area contributed by atoms with Gasteiger partial charge in [0.25, 0.3) is 0 Å². The Bertz CT molecular complexity index is 470. The summed E-state index contributed by atoms with van der Waals surface area (Å²) in [6.07, 6.45) is 0. The number of benzene rings is 1. The molecule has 1 atom stereocenters. The average molecular weight is 397 g/mol. The molecule has 0 aliphatic carbocycles. The van der Waals surface area contributed by atoms with Gasteiger partial charge < -0.3 is 11.1 Å². The molecule has 20 heavy (non-hydrogen) atoms. The summed E-state index contributed by atoms with van der Waals surface area (Å²) >= 11 is 0. The normalized spacial score (nSPS) is 13.6. The highest BCUT2D eigenvalue weighted by Crippen LogP contribution is 2.20. The van der Waals surface area contributed by atoms with Crippen LogP contribution in [0.3, 0.4) is 0 Å². The Morgan fingerprint density at radius 2 is 1.95 bits per heavy atom. The Hall–Kier alpha value is -0.920. The fraction of sp³-hybridized carbons (Fsp3) is 0.500. The van der Waals surface area contributed by atoms with Crippen LogP contribution < -0.4 is 11.1 Å². The first-order valence-electron chi connectivity index (χ1n) is 6.22. The summed E-state index contributed by atoms with van der Waals surface area (Å²) in [7, 11) is 0. The third-order valence-electron chi connectivity index (χ3n) is 2.53. The van der Waals surface area contributed by atoms with Crippen molar-refractivity contribution in [2.75, 3.05) is 6.54 Å². The molecule has 0 aromatic heterocycles. The molecule has 0 aliphatic heterocycles. The first-order chi connectivity index (χ1) is 8.69. The summed E-state index contributed by atoms with van der Waals surface area (Å²) in [4.78, 5) is 4.17. The van der Waals surface area contributed by atoms with Gasteiger partial charge in [0.05, 0.1) is 0 Å². The largest absolute Gasteiger partial charge is 0.370 e. The van der Waals surface area contributed by atoms with Crippen LogP contribution in [0.4, 0.5) is 8.78 Å². The molecule has 0 fully saturated rings. The summed E-state index contributed by atoms with van der Waals surface area (Å²) < 4.78 is 26.4. The van der Waals surface area contributed by atoms with E-state index in [9.17, 15) is 8.78 Å². The van der Waals surface area contributed by atoms with Crippen molar-refractivity contribution >= 4 is 29.9 Å². The number of guanidine groups is 1.